The minimum absolute atomic E-state index is 0.115. The number of alkyl halides is 3. The topological polar surface area (TPSA) is 100 Å². The number of carboxylic acid groups (broad SMARTS) is 1. The first-order valence-corrected chi connectivity index (χ1v) is 11.0. The van der Waals surface area contributed by atoms with Crippen molar-refractivity contribution < 1.29 is 37.4 Å². The van der Waals surface area contributed by atoms with Crippen LogP contribution in [-0.2, 0) is 25.7 Å². The Kier molecular flexibility index (Phi) is 7.61. The zero-order valence-corrected chi connectivity index (χ0v) is 18.4. The largest absolute Gasteiger partial charge is 0.490 e. The number of amides is 2. The summed E-state index contributed by atoms with van der Waals surface area (Å²) in [4.78, 5) is 42.6. The molecule has 3 aliphatic heterocycles. The standard InChI is InChI=1S/C20H27N3O3.C2HF3O2/c1-15-4-2-5-16(21-15)14-23-18(24)7-8-20(23)9-11-22(12-10-20)19(25)17-6-3-13-26-17;3-2(4,5)1(6)7/h2,4-5,17H,3,6-14H2,1H3;(H,6,7)/t17-;/m1./s1. The number of hydrogen-bond acceptors (Lipinski definition) is 5. The Hall–Kier alpha value is -2.69. The lowest BCUT2D eigenvalue weighted by molar-refractivity contribution is -0.192. The van der Waals surface area contributed by atoms with Gasteiger partial charge in [-0.15, -0.1) is 0 Å². The van der Waals surface area contributed by atoms with Crippen LogP contribution in [0.4, 0.5) is 13.2 Å². The van der Waals surface area contributed by atoms with Gasteiger partial charge in [0, 0.05) is 37.4 Å². The van der Waals surface area contributed by atoms with E-state index in [-0.39, 0.29) is 23.5 Å². The van der Waals surface area contributed by atoms with Gasteiger partial charge in [0.05, 0.1) is 12.2 Å². The van der Waals surface area contributed by atoms with E-state index in [9.17, 15) is 22.8 Å². The van der Waals surface area contributed by atoms with Gasteiger partial charge in [-0.05, 0) is 51.2 Å². The van der Waals surface area contributed by atoms with Crippen molar-refractivity contribution in [3.05, 3.63) is 29.6 Å². The lowest BCUT2D eigenvalue weighted by atomic mass is 9.84. The molecule has 1 spiro atoms. The van der Waals surface area contributed by atoms with Crippen molar-refractivity contribution in [3.8, 4) is 0 Å². The summed E-state index contributed by atoms with van der Waals surface area (Å²) in [5, 5.41) is 7.12. The SMILES string of the molecule is Cc1cccc(CN2C(=O)CCC23CCN(C(=O)[C@H]2CCCO2)CC3)n1.O=C(O)C(F)(F)F. The van der Waals surface area contributed by atoms with Crippen molar-refractivity contribution in [2.45, 2.75) is 69.8 Å². The summed E-state index contributed by atoms with van der Waals surface area (Å²) < 4.78 is 37.3. The van der Waals surface area contributed by atoms with Gasteiger partial charge in [0.2, 0.25) is 5.91 Å². The van der Waals surface area contributed by atoms with Gasteiger partial charge in [0.1, 0.15) is 6.10 Å². The monoisotopic (exact) mass is 471 g/mol. The van der Waals surface area contributed by atoms with Gasteiger partial charge in [-0.3, -0.25) is 14.6 Å². The normalized spacial score (nSPS) is 22.3. The van der Waals surface area contributed by atoms with Gasteiger partial charge >= 0.3 is 12.1 Å². The van der Waals surface area contributed by atoms with Gasteiger partial charge in [-0.2, -0.15) is 13.2 Å². The number of likely N-dealkylation sites (tertiary alicyclic amines) is 2. The van der Waals surface area contributed by atoms with Crippen LogP contribution in [0.1, 0.15) is 49.9 Å². The number of aromatic nitrogens is 1. The summed E-state index contributed by atoms with van der Waals surface area (Å²) >= 11 is 0. The number of rotatable bonds is 3. The summed E-state index contributed by atoms with van der Waals surface area (Å²) in [6.07, 6.45) is -0.330. The molecule has 182 valence electrons. The molecule has 3 fully saturated rings. The van der Waals surface area contributed by atoms with E-state index in [2.05, 4.69) is 4.98 Å². The van der Waals surface area contributed by atoms with Crippen molar-refractivity contribution in [2.24, 2.45) is 0 Å². The number of ether oxygens (including phenoxy) is 1. The maximum absolute atomic E-state index is 12.6. The maximum Gasteiger partial charge on any atom is 0.490 e. The van der Waals surface area contributed by atoms with Crippen LogP contribution in [0.25, 0.3) is 0 Å². The number of carbonyl (C=O) groups excluding carboxylic acids is 2. The molecule has 0 bridgehead atoms. The number of aliphatic carboxylic acids is 1. The molecular formula is C22H28F3N3O5. The van der Waals surface area contributed by atoms with Crippen LogP contribution >= 0.6 is 0 Å². The fourth-order valence-corrected chi connectivity index (χ4v) is 4.62. The number of hydrogen-bond donors (Lipinski definition) is 1. The number of carbonyl (C=O) groups is 3. The molecular weight excluding hydrogens is 443 g/mol. The van der Waals surface area contributed by atoms with Gasteiger partial charge < -0.3 is 19.6 Å². The van der Waals surface area contributed by atoms with E-state index in [0.717, 1.165) is 43.5 Å². The Bertz CT molecular complexity index is 878. The summed E-state index contributed by atoms with van der Waals surface area (Å²) in [5.41, 5.74) is 1.80. The number of aryl methyl sites for hydroxylation is 1. The van der Waals surface area contributed by atoms with E-state index in [0.29, 0.717) is 32.7 Å². The minimum Gasteiger partial charge on any atom is -0.475 e. The first-order valence-electron chi connectivity index (χ1n) is 11.0. The van der Waals surface area contributed by atoms with Crippen LogP contribution in [0.5, 0.6) is 0 Å². The molecule has 2 amide bonds. The van der Waals surface area contributed by atoms with Crippen LogP contribution in [0, 0.1) is 6.92 Å². The molecule has 1 aromatic rings. The van der Waals surface area contributed by atoms with E-state index in [1.807, 2.05) is 34.9 Å². The average Bonchev–Trinajstić information content (AvgIpc) is 3.39. The number of carboxylic acids is 1. The Morgan fingerprint density at radius 1 is 1.24 bits per heavy atom. The molecule has 3 saturated heterocycles. The molecule has 0 aromatic carbocycles. The van der Waals surface area contributed by atoms with Crippen molar-refractivity contribution in [1.82, 2.24) is 14.8 Å². The number of pyridine rings is 1. The number of halogens is 3. The van der Waals surface area contributed by atoms with E-state index < -0.39 is 12.1 Å². The molecule has 1 aromatic heterocycles. The number of nitrogens with zero attached hydrogens (tertiary/aromatic N) is 3. The molecule has 0 radical (unpaired) electrons. The predicted octanol–water partition coefficient (Wildman–Crippen LogP) is 2.69. The van der Waals surface area contributed by atoms with Crippen LogP contribution < -0.4 is 0 Å². The van der Waals surface area contributed by atoms with Crippen molar-refractivity contribution in [3.63, 3.8) is 0 Å². The maximum atomic E-state index is 12.6. The quantitative estimate of drug-likeness (QED) is 0.728. The van der Waals surface area contributed by atoms with E-state index in [1.165, 1.54) is 0 Å². The van der Waals surface area contributed by atoms with Crippen molar-refractivity contribution in [2.75, 3.05) is 19.7 Å². The van der Waals surface area contributed by atoms with Gasteiger partial charge in [0.25, 0.3) is 5.91 Å². The van der Waals surface area contributed by atoms with E-state index >= 15 is 0 Å². The van der Waals surface area contributed by atoms with Gasteiger partial charge in [-0.25, -0.2) is 4.79 Å². The molecule has 11 heteroatoms. The fraction of sp³-hybridized carbons (Fsp3) is 0.636. The zero-order chi connectivity index (χ0) is 24.2. The highest BCUT2D eigenvalue weighted by Crippen LogP contribution is 2.40. The highest BCUT2D eigenvalue weighted by atomic mass is 19.4. The fourth-order valence-electron chi connectivity index (χ4n) is 4.62. The van der Waals surface area contributed by atoms with Crippen LogP contribution in [-0.4, -0.2) is 75.2 Å². The van der Waals surface area contributed by atoms with Crippen molar-refractivity contribution >= 4 is 17.8 Å². The summed E-state index contributed by atoms with van der Waals surface area (Å²) in [7, 11) is 0. The second-order valence-corrected chi connectivity index (χ2v) is 8.60. The third kappa shape index (κ3) is 6.01. The Morgan fingerprint density at radius 2 is 1.91 bits per heavy atom. The lowest BCUT2D eigenvalue weighted by Gasteiger charge is -2.45. The Labute approximate surface area is 189 Å². The molecule has 0 saturated carbocycles. The predicted molar refractivity (Wildman–Crippen MR) is 110 cm³/mol. The van der Waals surface area contributed by atoms with Gasteiger partial charge in [-0.1, -0.05) is 6.07 Å². The minimum atomic E-state index is -5.08. The molecule has 3 aliphatic rings. The van der Waals surface area contributed by atoms with Crippen LogP contribution in [0.2, 0.25) is 0 Å². The molecule has 1 atom stereocenters. The average molecular weight is 471 g/mol. The van der Waals surface area contributed by atoms with Gasteiger partial charge in [0.15, 0.2) is 0 Å². The molecule has 33 heavy (non-hydrogen) atoms. The molecule has 4 heterocycles. The summed E-state index contributed by atoms with van der Waals surface area (Å²) in [6, 6.07) is 5.95. The zero-order valence-electron chi connectivity index (χ0n) is 18.4. The van der Waals surface area contributed by atoms with E-state index in [1.54, 1.807) is 0 Å². The Morgan fingerprint density at radius 3 is 2.45 bits per heavy atom. The third-order valence-electron chi connectivity index (χ3n) is 6.40. The highest BCUT2D eigenvalue weighted by Gasteiger charge is 2.48. The Balaban J connectivity index is 0.000000383. The summed E-state index contributed by atoms with van der Waals surface area (Å²) in [6.45, 7) is 4.66. The highest BCUT2D eigenvalue weighted by molar-refractivity contribution is 5.82. The second-order valence-electron chi connectivity index (χ2n) is 8.60. The molecule has 1 N–H and O–H groups in total. The van der Waals surface area contributed by atoms with E-state index in [4.69, 9.17) is 14.6 Å². The molecule has 4 rings (SSSR count). The number of piperidine rings is 1. The first kappa shape index (κ1) is 24.9. The second kappa shape index (κ2) is 10.1. The molecule has 0 aliphatic carbocycles. The first-order chi connectivity index (χ1) is 15.5. The lowest BCUT2D eigenvalue weighted by Crippen LogP contribution is -2.55. The van der Waals surface area contributed by atoms with Crippen LogP contribution in [0.15, 0.2) is 18.2 Å². The third-order valence-corrected chi connectivity index (χ3v) is 6.40. The smallest absolute Gasteiger partial charge is 0.475 e. The molecule has 8 nitrogen and oxygen atoms in total. The van der Waals surface area contributed by atoms with Crippen molar-refractivity contribution in [1.29, 1.82) is 0 Å². The molecule has 0 unspecified atom stereocenters. The van der Waals surface area contributed by atoms with Crippen LogP contribution in [0.3, 0.4) is 0 Å². The summed E-state index contributed by atoms with van der Waals surface area (Å²) in [5.74, 6) is -2.41.